The van der Waals surface area contributed by atoms with Gasteiger partial charge in [-0.05, 0) is 76.8 Å². The fourth-order valence-corrected chi connectivity index (χ4v) is 3.61. The Bertz CT molecular complexity index is 965. The van der Waals surface area contributed by atoms with Crippen molar-refractivity contribution in [2.75, 3.05) is 13.1 Å². The van der Waals surface area contributed by atoms with Gasteiger partial charge in [-0.2, -0.15) is 0 Å². The van der Waals surface area contributed by atoms with Crippen molar-refractivity contribution in [3.63, 3.8) is 0 Å². The number of carbonyl (C=O) groups excluding carboxylic acids is 2. The summed E-state index contributed by atoms with van der Waals surface area (Å²) in [7, 11) is 0. The first-order valence-corrected chi connectivity index (χ1v) is 10.2. The largest absolute Gasteiger partial charge is 0.507 e. The van der Waals surface area contributed by atoms with Crippen LogP contribution in [0, 0.1) is 19.8 Å². The first kappa shape index (κ1) is 21.7. The van der Waals surface area contributed by atoms with Crippen LogP contribution in [0.1, 0.15) is 55.2 Å². The van der Waals surface area contributed by atoms with Crippen molar-refractivity contribution < 1.29 is 19.4 Å². The van der Waals surface area contributed by atoms with Gasteiger partial charge in [-0.15, -0.1) is 10.2 Å². The molecule has 1 aliphatic rings. The van der Waals surface area contributed by atoms with Crippen LogP contribution in [0.15, 0.2) is 24.3 Å². The maximum Gasteiger partial charge on any atom is 0.410 e. The second kappa shape index (κ2) is 8.42. The molecule has 160 valence electrons. The summed E-state index contributed by atoms with van der Waals surface area (Å²) in [5.74, 6) is -0.330. The number of amides is 1. The fourth-order valence-electron chi connectivity index (χ4n) is 3.61. The molecule has 30 heavy (non-hydrogen) atoms. The Morgan fingerprint density at radius 3 is 2.53 bits per heavy atom. The summed E-state index contributed by atoms with van der Waals surface area (Å²) >= 11 is 0. The van der Waals surface area contributed by atoms with Crippen LogP contribution in [-0.4, -0.2) is 50.8 Å². The van der Waals surface area contributed by atoms with Gasteiger partial charge in [-0.25, -0.2) is 4.79 Å². The van der Waals surface area contributed by atoms with Gasteiger partial charge in [0.2, 0.25) is 0 Å². The average molecular weight is 412 g/mol. The van der Waals surface area contributed by atoms with Crippen LogP contribution >= 0.6 is 0 Å². The normalized spacial score (nSPS) is 17.0. The van der Waals surface area contributed by atoms with Crippen molar-refractivity contribution in [2.24, 2.45) is 5.92 Å². The molecular formula is C23H29N3O4. The molecule has 0 aliphatic carbocycles. The number of ketones is 1. The maximum absolute atomic E-state index is 13.0. The van der Waals surface area contributed by atoms with Gasteiger partial charge in [0.15, 0.2) is 5.78 Å². The van der Waals surface area contributed by atoms with E-state index in [0.29, 0.717) is 30.8 Å². The summed E-state index contributed by atoms with van der Waals surface area (Å²) in [6.45, 7) is 10.1. The molecule has 7 heteroatoms. The van der Waals surface area contributed by atoms with Crippen LogP contribution < -0.4 is 0 Å². The zero-order chi connectivity index (χ0) is 22.1. The second-order valence-corrected chi connectivity index (χ2v) is 8.91. The van der Waals surface area contributed by atoms with E-state index in [1.807, 2.05) is 40.7 Å². The van der Waals surface area contributed by atoms with E-state index in [-0.39, 0.29) is 23.1 Å². The highest BCUT2D eigenvalue weighted by molar-refractivity contribution is 5.97. The van der Waals surface area contributed by atoms with Crippen LogP contribution in [0.2, 0.25) is 0 Å². The number of piperidine rings is 1. The Kier molecular flexibility index (Phi) is 6.10. The van der Waals surface area contributed by atoms with E-state index in [9.17, 15) is 14.7 Å². The lowest BCUT2D eigenvalue weighted by Crippen LogP contribution is -2.44. The first-order chi connectivity index (χ1) is 14.0. The van der Waals surface area contributed by atoms with Crippen molar-refractivity contribution in [1.82, 2.24) is 15.1 Å². The molecule has 0 spiro atoms. The predicted molar refractivity (Wildman–Crippen MR) is 113 cm³/mol. The van der Waals surface area contributed by atoms with E-state index in [2.05, 4.69) is 10.2 Å². The molecule has 1 aromatic heterocycles. The lowest BCUT2D eigenvalue weighted by atomic mass is 9.91. The molecule has 1 atom stereocenters. The van der Waals surface area contributed by atoms with Crippen molar-refractivity contribution in [2.45, 2.75) is 53.1 Å². The Morgan fingerprint density at radius 1 is 1.17 bits per heavy atom. The number of benzene rings is 1. The van der Waals surface area contributed by atoms with Gasteiger partial charge >= 0.3 is 6.09 Å². The van der Waals surface area contributed by atoms with Crippen LogP contribution in [0.25, 0.3) is 11.3 Å². The summed E-state index contributed by atoms with van der Waals surface area (Å²) < 4.78 is 5.44. The second-order valence-electron chi connectivity index (χ2n) is 8.91. The van der Waals surface area contributed by atoms with Crippen molar-refractivity contribution >= 4 is 11.9 Å². The SMILES string of the molecule is Cc1ccc(-c2nnc(C(=O)C3CCCN(C(=O)OC(C)(C)C)C3)cc2C)c(O)c1. The van der Waals surface area contributed by atoms with Crippen LogP contribution in [0.5, 0.6) is 5.75 Å². The first-order valence-electron chi connectivity index (χ1n) is 10.2. The molecule has 1 saturated heterocycles. The molecule has 1 aromatic carbocycles. The van der Waals surface area contributed by atoms with E-state index < -0.39 is 11.7 Å². The molecule has 1 amide bonds. The number of Topliss-reactive ketones (excluding diaryl/α,β-unsaturated/α-hetero) is 1. The minimum absolute atomic E-state index is 0.126. The summed E-state index contributed by atoms with van der Waals surface area (Å²) in [5, 5.41) is 18.6. The van der Waals surface area contributed by atoms with Crippen LogP contribution in [0.4, 0.5) is 4.79 Å². The highest BCUT2D eigenvalue weighted by atomic mass is 16.6. The number of phenolic OH excluding ortho intramolecular Hbond substituents is 1. The summed E-state index contributed by atoms with van der Waals surface area (Å²) in [6, 6.07) is 7.06. The summed E-state index contributed by atoms with van der Waals surface area (Å²) in [5.41, 5.74) is 2.53. The Balaban J connectivity index is 1.76. The lowest BCUT2D eigenvalue weighted by molar-refractivity contribution is 0.0171. The van der Waals surface area contributed by atoms with E-state index in [0.717, 1.165) is 17.5 Å². The lowest BCUT2D eigenvalue weighted by Gasteiger charge is -2.33. The number of hydrogen-bond acceptors (Lipinski definition) is 6. The van der Waals surface area contributed by atoms with Crippen LogP contribution in [0.3, 0.4) is 0 Å². The molecule has 2 heterocycles. The van der Waals surface area contributed by atoms with E-state index in [4.69, 9.17) is 4.74 Å². The van der Waals surface area contributed by atoms with Gasteiger partial charge in [0, 0.05) is 24.6 Å². The third-order valence-electron chi connectivity index (χ3n) is 5.09. The fraction of sp³-hybridized carbons (Fsp3) is 0.478. The number of phenols is 1. The quantitative estimate of drug-likeness (QED) is 0.757. The molecule has 7 nitrogen and oxygen atoms in total. The van der Waals surface area contributed by atoms with Gasteiger partial charge in [-0.3, -0.25) is 4.79 Å². The number of rotatable bonds is 3. The molecule has 0 bridgehead atoms. The zero-order valence-electron chi connectivity index (χ0n) is 18.2. The topological polar surface area (TPSA) is 92.6 Å². The van der Waals surface area contributed by atoms with E-state index in [1.165, 1.54) is 0 Å². The van der Waals surface area contributed by atoms with Crippen molar-refractivity contribution in [3.8, 4) is 17.0 Å². The molecule has 1 aliphatic heterocycles. The molecule has 0 saturated carbocycles. The standard InChI is InChI=1S/C23H29N3O4/c1-14-8-9-17(19(27)11-14)20-15(2)12-18(24-25-20)21(28)16-7-6-10-26(13-16)22(29)30-23(3,4)5/h8-9,11-12,16,27H,6-7,10,13H2,1-5H3. The Morgan fingerprint density at radius 2 is 1.90 bits per heavy atom. The highest BCUT2D eigenvalue weighted by Crippen LogP contribution is 2.31. The van der Waals surface area contributed by atoms with Gasteiger partial charge in [-0.1, -0.05) is 6.07 Å². The molecule has 1 fully saturated rings. The molecule has 1 N–H and O–H groups in total. The number of aryl methyl sites for hydroxylation is 2. The zero-order valence-corrected chi connectivity index (χ0v) is 18.2. The Labute approximate surface area is 177 Å². The van der Waals surface area contributed by atoms with Crippen molar-refractivity contribution in [3.05, 3.63) is 41.1 Å². The molecule has 2 aromatic rings. The average Bonchev–Trinajstić information content (AvgIpc) is 2.67. The minimum Gasteiger partial charge on any atom is -0.507 e. The van der Waals surface area contributed by atoms with Gasteiger partial charge in [0.25, 0.3) is 0 Å². The highest BCUT2D eigenvalue weighted by Gasteiger charge is 2.32. The molecule has 0 radical (unpaired) electrons. The van der Waals surface area contributed by atoms with Gasteiger partial charge < -0.3 is 14.7 Å². The van der Waals surface area contributed by atoms with Gasteiger partial charge in [0.05, 0.1) is 5.69 Å². The maximum atomic E-state index is 13.0. The number of aromatic hydroxyl groups is 1. The number of likely N-dealkylation sites (tertiary alicyclic amines) is 1. The third-order valence-corrected chi connectivity index (χ3v) is 5.09. The minimum atomic E-state index is -0.575. The van der Waals surface area contributed by atoms with E-state index >= 15 is 0 Å². The predicted octanol–water partition coefficient (Wildman–Crippen LogP) is 4.30. The Hall–Kier alpha value is -2.96. The van der Waals surface area contributed by atoms with E-state index in [1.54, 1.807) is 23.1 Å². The smallest absolute Gasteiger partial charge is 0.410 e. The van der Waals surface area contributed by atoms with Gasteiger partial charge in [0.1, 0.15) is 17.0 Å². The number of hydrogen-bond donors (Lipinski definition) is 1. The number of aromatic nitrogens is 2. The molecule has 1 unspecified atom stereocenters. The van der Waals surface area contributed by atoms with Crippen molar-refractivity contribution in [1.29, 1.82) is 0 Å². The monoisotopic (exact) mass is 411 g/mol. The summed E-state index contributed by atoms with van der Waals surface area (Å²) in [6.07, 6.45) is 1.03. The number of ether oxygens (including phenoxy) is 1. The molecular weight excluding hydrogens is 382 g/mol. The number of nitrogens with zero attached hydrogens (tertiary/aromatic N) is 3. The molecule has 3 rings (SSSR count). The van der Waals surface area contributed by atoms with Crippen LogP contribution in [-0.2, 0) is 4.74 Å². The third kappa shape index (κ3) is 4.96. The summed E-state index contributed by atoms with van der Waals surface area (Å²) in [4.78, 5) is 27.0. The number of carbonyl (C=O) groups is 2.